The molecule has 0 unspecified atom stereocenters. The molecule has 5 atom stereocenters. The Morgan fingerprint density at radius 1 is 0.940 bits per heavy atom. The Morgan fingerprint density at radius 2 is 1.60 bits per heavy atom. The number of anilines is 2. The van der Waals surface area contributed by atoms with Crippen molar-refractivity contribution >= 4 is 37.4 Å². The molecule has 1 fully saturated rings. The summed E-state index contributed by atoms with van der Waals surface area (Å²) in [4.78, 5) is 57.5. The van der Waals surface area contributed by atoms with E-state index in [-0.39, 0.29) is 36.8 Å². The molecule has 258 valence electrons. The second kappa shape index (κ2) is 13.3. The number of ether oxygens (including phenoxy) is 1. The molecule has 0 aromatic heterocycles. The highest BCUT2D eigenvalue weighted by Gasteiger charge is 2.66. The third kappa shape index (κ3) is 5.96. The first-order valence-electron chi connectivity index (χ1n) is 17.3. The van der Waals surface area contributed by atoms with Crippen LogP contribution in [0.25, 0.3) is 0 Å². The first-order chi connectivity index (χ1) is 24.0. The van der Waals surface area contributed by atoms with Crippen molar-refractivity contribution in [2.45, 2.75) is 69.2 Å². The first-order valence-corrected chi connectivity index (χ1v) is 20.3. The highest BCUT2D eigenvalue weighted by Crippen LogP contribution is 2.60. The van der Waals surface area contributed by atoms with Gasteiger partial charge in [0.2, 0.25) is 5.91 Å². The third-order valence-corrected chi connectivity index (χ3v) is 13.2. The van der Waals surface area contributed by atoms with E-state index in [0.29, 0.717) is 42.0 Å². The van der Waals surface area contributed by atoms with Crippen LogP contribution in [0.4, 0.5) is 11.4 Å². The van der Waals surface area contributed by atoms with Crippen LogP contribution in [0, 0.1) is 5.92 Å². The molecule has 50 heavy (non-hydrogen) atoms. The molecule has 3 aliphatic rings. The maximum Gasteiger partial charge on any atom is 0.264 e. The van der Waals surface area contributed by atoms with Crippen LogP contribution in [0.1, 0.15) is 46.0 Å². The predicted octanol–water partition coefficient (Wildman–Crippen LogP) is 5.62. The second-order valence-corrected chi connectivity index (χ2v) is 18.3. The summed E-state index contributed by atoms with van der Waals surface area (Å²) in [7, 11) is -3.06. The van der Waals surface area contributed by atoms with E-state index in [2.05, 4.69) is 5.32 Å². The molecule has 0 bridgehead atoms. The van der Waals surface area contributed by atoms with Crippen LogP contribution in [-0.4, -0.2) is 59.6 Å². The van der Waals surface area contributed by atoms with Crippen molar-refractivity contribution in [1.29, 1.82) is 0 Å². The molecule has 3 heterocycles. The zero-order valence-corrected chi connectivity index (χ0v) is 29.6. The predicted molar refractivity (Wildman–Crippen MR) is 194 cm³/mol. The van der Waals surface area contributed by atoms with Crippen molar-refractivity contribution in [3.05, 3.63) is 131 Å². The number of aliphatic hydroxyl groups is 1. The fourth-order valence-electron chi connectivity index (χ4n) is 8.40. The van der Waals surface area contributed by atoms with Gasteiger partial charge in [-0.3, -0.25) is 14.4 Å². The number of carbonyl (C=O) groups excluding carboxylic acids is 3. The number of nitrogens with zero attached hydrogens (tertiary/aromatic N) is 2. The largest absolute Gasteiger partial charge is 0.432 e. The fraction of sp³-hybridized carbons (Fsp3) is 0.325. The standard InChI is InChI=1S/C40H43N3O6Si/c1-26-37(50(2,3)48)35(22-36(45)42-24-30-17-11-10-16-29(30)20-32(42)25-44)49-40(26)33-21-31(41-38(46)28-14-8-5-9-15-28)18-19-34(33)43(39(40)47)23-27-12-6-4-7-13-27/h4-19,21,26,32,35,37,44,48H,20,22-25H2,1-3H3,(H,41,46)/t26-,32+,35+,37-,40+/m1/s1. The highest BCUT2D eigenvalue weighted by molar-refractivity contribution is 6.71. The summed E-state index contributed by atoms with van der Waals surface area (Å²) in [6, 6.07) is 31.6. The van der Waals surface area contributed by atoms with Crippen LogP contribution in [0.5, 0.6) is 0 Å². The monoisotopic (exact) mass is 689 g/mol. The average molecular weight is 690 g/mol. The van der Waals surface area contributed by atoms with Crippen molar-refractivity contribution in [3.63, 3.8) is 0 Å². The average Bonchev–Trinajstić information content (AvgIpc) is 3.54. The molecule has 4 aromatic carbocycles. The van der Waals surface area contributed by atoms with Gasteiger partial charge in [0, 0.05) is 34.8 Å². The lowest BCUT2D eigenvalue weighted by atomic mass is 9.82. The van der Waals surface area contributed by atoms with Gasteiger partial charge in [0.25, 0.3) is 11.8 Å². The SMILES string of the molecule is C[C@@H]1[C@@H]([Si](C)(C)O)[C@H](CC(=O)N2Cc3ccccc3C[C@H]2CO)O[C@@]12C(=O)N(Cc1ccccc1)c1ccc(NC(=O)c3ccccc3)cc12. The fourth-order valence-corrected chi connectivity index (χ4v) is 11.0. The molecular weight excluding hydrogens is 647 g/mol. The topological polar surface area (TPSA) is 119 Å². The van der Waals surface area contributed by atoms with Gasteiger partial charge in [-0.05, 0) is 66.5 Å². The molecule has 0 radical (unpaired) electrons. The van der Waals surface area contributed by atoms with E-state index in [0.717, 1.165) is 16.7 Å². The molecule has 0 aliphatic carbocycles. The molecule has 1 saturated heterocycles. The number of nitrogens with one attached hydrogen (secondary N) is 1. The smallest absolute Gasteiger partial charge is 0.264 e. The number of benzene rings is 4. The summed E-state index contributed by atoms with van der Waals surface area (Å²) in [5.41, 5.74) is 3.42. The summed E-state index contributed by atoms with van der Waals surface area (Å²) < 4.78 is 6.97. The molecule has 9 nitrogen and oxygen atoms in total. The minimum Gasteiger partial charge on any atom is -0.432 e. The normalized spacial score (nSPS) is 24.3. The number of fused-ring (bicyclic) bond motifs is 3. The van der Waals surface area contributed by atoms with Crippen LogP contribution in [0.2, 0.25) is 18.6 Å². The molecule has 4 aromatic rings. The van der Waals surface area contributed by atoms with Gasteiger partial charge in [-0.15, -0.1) is 0 Å². The van der Waals surface area contributed by atoms with Gasteiger partial charge in [-0.2, -0.15) is 0 Å². The maximum atomic E-state index is 14.9. The number of hydrogen-bond acceptors (Lipinski definition) is 6. The van der Waals surface area contributed by atoms with E-state index in [1.165, 1.54) is 0 Å². The Balaban J connectivity index is 1.26. The highest BCUT2D eigenvalue weighted by atomic mass is 28.4. The number of hydrogen-bond donors (Lipinski definition) is 3. The van der Waals surface area contributed by atoms with Gasteiger partial charge in [-0.25, -0.2) is 0 Å². The lowest BCUT2D eigenvalue weighted by Gasteiger charge is -2.37. The van der Waals surface area contributed by atoms with Crippen LogP contribution in [-0.2, 0) is 39.4 Å². The summed E-state index contributed by atoms with van der Waals surface area (Å²) in [5.74, 6) is -1.22. The van der Waals surface area contributed by atoms with Crippen molar-refractivity contribution in [2.75, 3.05) is 16.8 Å². The van der Waals surface area contributed by atoms with Crippen molar-refractivity contribution < 1.29 is 29.0 Å². The number of amides is 3. The molecule has 3 amide bonds. The van der Waals surface area contributed by atoms with Crippen molar-refractivity contribution in [1.82, 2.24) is 4.90 Å². The van der Waals surface area contributed by atoms with Gasteiger partial charge in [-0.1, -0.05) is 79.7 Å². The Hall–Kier alpha value is -4.61. The van der Waals surface area contributed by atoms with Gasteiger partial charge in [0.1, 0.15) is 0 Å². The Morgan fingerprint density at radius 3 is 2.28 bits per heavy atom. The van der Waals surface area contributed by atoms with Crippen LogP contribution < -0.4 is 10.2 Å². The molecule has 0 saturated carbocycles. The zero-order valence-electron chi connectivity index (χ0n) is 28.6. The molecule has 7 rings (SSSR count). The van der Waals surface area contributed by atoms with Crippen molar-refractivity contribution in [3.8, 4) is 0 Å². The number of rotatable bonds is 8. The van der Waals surface area contributed by atoms with Crippen LogP contribution >= 0.6 is 0 Å². The minimum atomic E-state index is -3.06. The number of aliphatic hydroxyl groups excluding tert-OH is 1. The molecule has 10 heteroatoms. The molecule has 3 aliphatic heterocycles. The number of carbonyl (C=O) groups is 3. The summed E-state index contributed by atoms with van der Waals surface area (Å²) in [5, 5.41) is 13.3. The summed E-state index contributed by atoms with van der Waals surface area (Å²) in [6.07, 6.45) is -0.249. The summed E-state index contributed by atoms with van der Waals surface area (Å²) in [6.45, 7) is 6.11. The van der Waals surface area contributed by atoms with Gasteiger partial charge >= 0.3 is 0 Å². The molecular formula is C40H43N3O6Si. The van der Waals surface area contributed by atoms with Crippen molar-refractivity contribution in [2.24, 2.45) is 5.92 Å². The quantitative estimate of drug-likeness (QED) is 0.207. The van der Waals surface area contributed by atoms with E-state index < -0.39 is 31.5 Å². The first kappa shape index (κ1) is 33.9. The Labute approximate surface area is 293 Å². The minimum absolute atomic E-state index is 0.0435. The zero-order chi connectivity index (χ0) is 35.2. The lowest BCUT2D eigenvalue weighted by molar-refractivity contribution is -0.151. The van der Waals surface area contributed by atoms with Gasteiger partial charge in [0.15, 0.2) is 13.9 Å². The van der Waals surface area contributed by atoms with E-state index in [4.69, 9.17) is 4.74 Å². The lowest BCUT2D eigenvalue weighted by Crippen LogP contribution is -2.48. The second-order valence-electron chi connectivity index (χ2n) is 14.3. The van der Waals surface area contributed by atoms with Crippen LogP contribution in [0.3, 0.4) is 0 Å². The van der Waals surface area contributed by atoms with Gasteiger partial charge < -0.3 is 29.8 Å². The summed E-state index contributed by atoms with van der Waals surface area (Å²) >= 11 is 0. The molecule has 3 N–H and O–H groups in total. The van der Waals surface area contributed by atoms with E-state index in [9.17, 15) is 24.3 Å². The van der Waals surface area contributed by atoms with E-state index in [1.54, 1.807) is 40.1 Å². The molecule has 1 spiro atoms. The van der Waals surface area contributed by atoms with E-state index >= 15 is 0 Å². The third-order valence-electron chi connectivity index (χ3n) is 10.7. The maximum absolute atomic E-state index is 14.9. The van der Waals surface area contributed by atoms with Gasteiger partial charge in [0.05, 0.1) is 37.4 Å². The Kier molecular flexibility index (Phi) is 8.98. The Bertz CT molecular complexity index is 1920. The van der Waals surface area contributed by atoms with E-state index in [1.807, 2.05) is 92.8 Å². The van der Waals surface area contributed by atoms with Crippen LogP contribution in [0.15, 0.2) is 103 Å².